The van der Waals surface area contributed by atoms with Gasteiger partial charge < -0.3 is 15.0 Å². The number of nitrogens with one attached hydrogen (secondary N) is 2. The van der Waals surface area contributed by atoms with Crippen LogP contribution in [0.3, 0.4) is 0 Å². The number of H-pyrrole nitrogens is 1. The van der Waals surface area contributed by atoms with Crippen molar-refractivity contribution in [2.75, 3.05) is 33.3 Å². The Balaban J connectivity index is 1.77. The van der Waals surface area contributed by atoms with Crippen LogP contribution in [0.2, 0.25) is 0 Å². The number of aromatic amines is 1. The number of amides is 1. The Labute approximate surface area is 123 Å². The summed E-state index contributed by atoms with van der Waals surface area (Å²) >= 11 is 0. The first-order valence-corrected chi connectivity index (χ1v) is 6.98. The van der Waals surface area contributed by atoms with Crippen LogP contribution < -0.4 is 10.1 Å². The number of aromatic nitrogens is 2. The van der Waals surface area contributed by atoms with Crippen molar-refractivity contribution in [3.63, 3.8) is 0 Å². The number of nitrogens with zero attached hydrogens (tertiary/aromatic N) is 2. The topological polar surface area (TPSA) is 70.2 Å². The second kappa shape index (κ2) is 5.97. The molecule has 6 heteroatoms. The zero-order valence-corrected chi connectivity index (χ0v) is 11.9. The van der Waals surface area contributed by atoms with Crippen LogP contribution in [0.4, 0.5) is 0 Å². The van der Waals surface area contributed by atoms with Crippen LogP contribution in [0.15, 0.2) is 30.3 Å². The van der Waals surface area contributed by atoms with Gasteiger partial charge in [0.25, 0.3) is 5.91 Å². The predicted octanol–water partition coefficient (Wildman–Crippen LogP) is 1.13. The molecule has 6 nitrogen and oxygen atoms in total. The van der Waals surface area contributed by atoms with Crippen LogP contribution in [-0.4, -0.2) is 54.3 Å². The second-order valence-electron chi connectivity index (χ2n) is 4.94. The van der Waals surface area contributed by atoms with E-state index in [1.54, 1.807) is 13.2 Å². The fraction of sp³-hybridized carbons (Fsp3) is 0.333. The largest absolute Gasteiger partial charge is 0.497 e. The van der Waals surface area contributed by atoms with Crippen molar-refractivity contribution in [2.45, 2.75) is 0 Å². The van der Waals surface area contributed by atoms with Gasteiger partial charge in [0.05, 0.1) is 12.8 Å². The normalized spacial score (nSPS) is 15.0. The van der Waals surface area contributed by atoms with E-state index in [2.05, 4.69) is 15.5 Å². The predicted molar refractivity (Wildman–Crippen MR) is 79.3 cm³/mol. The van der Waals surface area contributed by atoms with Gasteiger partial charge in [-0.05, 0) is 30.3 Å². The number of hydrogen-bond donors (Lipinski definition) is 2. The number of ether oxygens (including phenoxy) is 1. The smallest absolute Gasteiger partial charge is 0.271 e. The molecule has 2 heterocycles. The summed E-state index contributed by atoms with van der Waals surface area (Å²) in [7, 11) is 1.63. The van der Waals surface area contributed by atoms with Gasteiger partial charge in [0.2, 0.25) is 0 Å². The number of benzene rings is 1. The Morgan fingerprint density at radius 2 is 1.95 bits per heavy atom. The molecule has 1 aliphatic rings. The van der Waals surface area contributed by atoms with Crippen molar-refractivity contribution < 1.29 is 9.53 Å². The first-order valence-electron chi connectivity index (χ1n) is 6.98. The van der Waals surface area contributed by atoms with Crippen molar-refractivity contribution in [1.29, 1.82) is 0 Å². The molecule has 21 heavy (non-hydrogen) atoms. The Kier molecular flexibility index (Phi) is 3.87. The van der Waals surface area contributed by atoms with E-state index in [9.17, 15) is 4.79 Å². The molecule has 1 aromatic heterocycles. The highest BCUT2D eigenvalue weighted by molar-refractivity contribution is 5.93. The van der Waals surface area contributed by atoms with Gasteiger partial charge in [-0.25, -0.2) is 0 Å². The fourth-order valence-electron chi connectivity index (χ4n) is 2.38. The SMILES string of the molecule is COc1ccc(-c2cc(C(=O)N3CCNCC3)[nH]n2)cc1. The minimum absolute atomic E-state index is 0.00348. The molecule has 0 unspecified atom stereocenters. The second-order valence-corrected chi connectivity index (χ2v) is 4.94. The van der Waals surface area contributed by atoms with Crippen molar-refractivity contribution in [3.05, 3.63) is 36.0 Å². The van der Waals surface area contributed by atoms with Gasteiger partial charge >= 0.3 is 0 Å². The molecule has 1 aliphatic heterocycles. The molecule has 2 aromatic rings. The summed E-state index contributed by atoms with van der Waals surface area (Å²) in [5.41, 5.74) is 2.24. The van der Waals surface area contributed by atoms with E-state index >= 15 is 0 Å². The third kappa shape index (κ3) is 2.90. The first-order chi connectivity index (χ1) is 10.3. The van der Waals surface area contributed by atoms with Crippen LogP contribution in [0, 0.1) is 0 Å². The molecule has 2 N–H and O–H groups in total. The lowest BCUT2D eigenvalue weighted by Gasteiger charge is -2.26. The van der Waals surface area contributed by atoms with E-state index in [1.165, 1.54) is 0 Å². The lowest BCUT2D eigenvalue weighted by molar-refractivity contribution is 0.0730. The van der Waals surface area contributed by atoms with Gasteiger partial charge in [-0.15, -0.1) is 0 Å². The molecule has 1 saturated heterocycles. The zero-order chi connectivity index (χ0) is 14.7. The lowest BCUT2D eigenvalue weighted by atomic mass is 10.1. The van der Waals surface area contributed by atoms with Crippen LogP contribution in [0.5, 0.6) is 5.75 Å². The molecule has 3 rings (SSSR count). The molecule has 1 amide bonds. The van der Waals surface area contributed by atoms with Crippen LogP contribution in [-0.2, 0) is 0 Å². The highest BCUT2D eigenvalue weighted by Crippen LogP contribution is 2.21. The molecule has 1 fully saturated rings. The summed E-state index contributed by atoms with van der Waals surface area (Å²) < 4.78 is 5.13. The number of piperazine rings is 1. The van der Waals surface area contributed by atoms with E-state index in [-0.39, 0.29) is 5.91 Å². The maximum Gasteiger partial charge on any atom is 0.271 e. The van der Waals surface area contributed by atoms with E-state index in [4.69, 9.17) is 4.74 Å². The first kappa shape index (κ1) is 13.6. The monoisotopic (exact) mass is 286 g/mol. The molecule has 0 saturated carbocycles. The van der Waals surface area contributed by atoms with Crippen LogP contribution in [0.1, 0.15) is 10.5 Å². The average molecular weight is 286 g/mol. The van der Waals surface area contributed by atoms with E-state index < -0.39 is 0 Å². The maximum absolute atomic E-state index is 12.4. The van der Waals surface area contributed by atoms with Crippen molar-refractivity contribution in [1.82, 2.24) is 20.4 Å². The Hall–Kier alpha value is -2.34. The number of rotatable bonds is 3. The minimum atomic E-state index is 0.00348. The van der Waals surface area contributed by atoms with Crippen molar-refractivity contribution >= 4 is 5.91 Å². The number of carbonyl (C=O) groups is 1. The Morgan fingerprint density at radius 3 is 2.62 bits per heavy atom. The van der Waals surface area contributed by atoms with Gasteiger partial charge in [-0.1, -0.05) is 0 Å². The van der Waals surface area contributed by atoms with Gasteiger partial charge in [-0.3, -0.25) is 9.89 Å². The third-order valence-corrected chi connectivity index (χ3v) is 3.60. The maximum atomic E-state index is 12.4. The minimum Gasteiger partial charge on any atom is -0.497 e. The van der Waals surface area contributed by atoms with Gasteiger partial charge in [0.15, 0.2) is 0 Å². The number of hydrogen-bond acceptors (Lipinski definition) is 4. The summed E-state index contributed by atoms with van der Waals surface area (Å²) in [5, 5.41) is 10.3. The van der Waals surface area contributed by atoms with Gasteiger partial charge in [0.1, 0.15) is 11.4 Å². The molecule has 0 aliphatic carbocycles. The van der Waals surface area contributed by atoms with Crippen LogP contribution >= 0.6 is 0 Å². The highest BCUT2D eigenvalue weighted by atomic mass is 16.5. The van der Waals surface area contributed by atoms with Crippen molar-refractivity contribution in [3.8, 4) is 17.0 Å². The summed E-state index contributed by atoms with van der Waals surface area (Å²) in [6.07, 6.45) is 0. The standard InChI is InChI=1S/C15H18N4O2/c1-21-12-4-2-11(3-5-12)13-10-14(18-17-13)15(20)19-8-6-16-7-9-19/h2-5,10,16H,6-9H2,1H3,(H,17,18). The van der Waals surface area contributed by atoms with Crippen LogP contribution in [0.25, 0.3) is 11.3 Å². The number of methoxy groups -OCH3 is 1. The summed E-state index contributed by atoms with van der Waals surface area (Å²) in [4.78, 5) is 14.2. The highest BCUT2D eigenvalue weighted by Gasteiger charge is 2.20. The van der Waals surface area contributed by atoms with E-state index in [1.807, 2.05) is 29.2 Å². The number of carbonyl (C=O) groups excluding carboxylic acids is 1. The summed E-state index contributed by atoms with van der Waals surface area (Å²) in [6, 6.07) is 9.40. The lowest BCUT2D eigenvalue weighted by Crippen LogP contribution is -2.46. The van der Waals surface area contributed by atoms with Gasteiger partial charge in [0, 0.05) is 31.7 Å². The molecule has 110 valence electrons. The Morgan fingerprint density at radius 1 is 1.24 bits per heavy atom. The van der Waals surface area contributed by atoms with E-state index in [0.29, 0.717) is 5.69 Å². The average Bonchev–Trinajstić information content (AvgIpc) is 3.05. The van der Waals surface area contributed by atoms with Crippen molar-refractivity contribution in [2.24, 2.45) is 0 Å². The molecule has 0 atom stereocenters. The molecule has 1 aromatic carbocycles. The third-order valence-electron chi connectivity index (χ3n) is 3.60. The van der Waals surface area contributed by atoms with E-state index in [0.717, 1.165) is 43.2 Å². The molecule has 0 spiro atoms. The molecule has 0 radical (unpaired) electrons. The van der Waals surface area contributed by atoms with Gasteiger partial charge in [-0.2, -0.15) is 5.10 Å². The molecule has 0 bridgehead atoms. The quantitative estimate of drug-likeness (QED) is 0.887. The fourth-order valence-corrected chi connectivity index (χ4v) is 2.38. The summed E-state index contributed by atoms with van der Waals surface area (Å²) in [5.74, 6) is 0.801. The molecular formula is C15H18N4O2. The molecular weight excluding hydrogens is 268 g/mol. The zero-order valence-electron chi connectivity index (χ0n) is 11.9. The summed E-state index contributed by atoms with van der Waals surface area (Å²) in [6.45, 7) is 3.14. The Bertz CT molecular complexity index is 615.